The molecule has 0 radical (unpaired) electrons. The highest BCUT2D eigenvalue weighted by molar-refractivity contribution is 5.30. The zero-order valence-corrected chi connectivity index (χ0v) is 16.8. The zero-order valence-electron chi connectivity index (χ0n) is 16.8. The third kappa shape index (κ3) is 5.41. The molecule has 1 nitrogen and oxygen atoms in total. The number of benzene rings is 2. The maximum Gasteiger partial charge on any atom is 0.426 e. The molecule has 0 amide bonds. The maximum atomic E-state index is 14.4. The van der Waals surface area contributed by atoms with E-state index in [1.54, 1.807) is 12.1 Å². The quantitative estimate of drug-likeness (QED) is 0.250. The first kappa shape index (κ1) is 22.3. The molecule has 1 aliphatic rings. The van der Waals surface area contributed by atoms with Crippen molar-refractivity contribution in [1.29, 1.82) is 0 Å². The van der Waals surface area contributed by atoms with Crippen LogP contribution in [-0.2, 0) is 6.11 Å². The summed E-state index contributed by atoms with van der Waals surface area (Å²) in [5.41, 5.74) is 0.561. The lowest BCUT2D eigenvalue weighted by atomic mass is 9.77. The first-order valence-electron chi connectivity index (χ1n) is 10.3. The molecule has 162 valence electrons. The Morgan fingerprint density at radius 2 is 1.53 bits per heavy atom. The molecule has 0 bridgehead atoms. The van der Waals surface area contributed by atoms with Crippen LogP contribution in [0, 0.1) is 23.4 Å². The molecule has 0 spiro atoms. The van der Waals surface area contributed by atoms with Crippen molar-refractivity contribution in [2.45, 2.75) is 57.5 Å². The fourth-order valence-electron chi connectivity index (χ4n) is 3.93. The molecule has 0 N–H and O–H groups in total. The predicted octanol–water partition coefficient (Wildman–Crippen LogP) is 7.86. The van der Waals surface area contributed by atoms with E-state index in [1.807, 2.05) is 0 Å². The van der Waals surface area contributed by atoms with Crippen molar-refractivity contribution in [1.82, 2.24) is 0 Å². The van der Waals surface area contributed by atoms with Gasteiger partial charge in [0.05, 0.1) is 5.56 Å². The van der Waals surface area contributed by atoms with Gasteiger partial charge in [-0.05, 0) is 68.1 Å². The summed E-state index contributed by atoms with van der Waals surface area (Å²) in [5, 5.41) is 0. The third-order valence-electron chi connectivity index (χ3n) is 5.64. The second-order valence-corrected chi connectivity index (χ2v) is 7.77. The smallest absolute Gasteiger partial charge is 0.426 e. The molecule has 0 heterocycles. The van der Waals surface area contributed by atoms with E-state index < -0.39 is 34.9 Å². The molecule has 2 aromatic rings. The molecule has 1 saturated carbocycles. The third-order valence-corrected chi connectivity index (χ3v) is 5.64. The highest BCUT2D eigenvalue weighted by Gasteiger charge is 2.35. The minimum absolute atomic E-state index is 0.334. The van der Waals surface area contributed by atoms with Crippen LogP contribution in [0.2, 0.25) is 0 Å². The van der Waals surface area contributed by atoms with E-state index in [-0.39, 0.29) is 0 Å². The highest BCUT2D eigenvalue weighted by Crippen LogP contribution is 2.39. The van der Waals surface area contributed by atoms with Crippen molar-refractivity contribution < 1.29 is 26.7 Å². The largest absolute Gasteiger partial charge is 0.429 e. The van der Waals surface area contributed by atoms with E-state index in [1.165, 1.54) is 12.1 Å². The molecule has 3 rings (SSSR count). The summed E-state index contributed by atoms with van der Waals surface area (Å²) in [4.78, 5) is 0. The molecule has 6 heteroatoms. The zero-order chi connectivity index (χ0) is 21.7. The lowest BCUT2D eigenvalue weighted by Crippen LogP contribution is -2.22. The topological polar surface area (TPSA) is 9.23 Å². The van der Waals surface area contributed by atoms with Crippen molar-refractivity contribution in [3.63, 3.8) is 0 Å². The Labute approximate surface area is 173 Å². The number of rotatable bonds is 7. The fourth-order valence-corrected chi connectivity index (χ4v) is 3.93. The van der Waals surface area contributed by atoms with Gasteiger partial charge in [-0.25, -0.2) is 13.2 Å². The van der Waals surface area contributed by atoms with Crippen molar-refractivity contribution in [2.24, 2.45) is 5.92 Å². The summed E-state index contributed by atoms with van der Waals surface area (Å²) in [6, 6.07) is 6.63. The van der Waals surface area contributed by atoms with Gasteiger partial charge in [0, 0.05) is 12.1 Å². The molecular weight excluding hydrogens is 399 g/mol. The Balaban J connectivity index is 1.63. The van der Waals surface area contributed by atoms with Crippen LogP contribution >= 0.6 is 0 Å². The van der Waals surface area contributed by atoms with Crippen LogP contribution in [0.1, 0.15) is 62.5 Å². The van der Waals surface area contributed by atoms with Crippen molar-refractivity contribution in [3.8, 4) is 5.75 Å². The van der Waals surface area contributed by atoms with Crippen LogP contribution in [-0.4, -0.2) is 0 Å². The standard InChI is InChI=1S/C24H25F5O/c1-2-3-4-5-16-6-8-17(9-7-16)18-10-12-19(13-11-18)24(28,29)30-20-14-21(25)23(27)22(26)15-20/h3-4,10-17H,2,5-9H2,1H3/b4-3+. The summed E-state index contributed by atoms with van der Waals surface area (Å²) in [6.45, 7) is 2.11. The Hall–Kier alpha value is -2.37. The Morgan fingerprint density at radius 3 is 2.10 bits per heavy atom. The Morgan fingerprint density at radius 1 is 0.933 bits per heavy atom. The van der Waals surface area contributed by atoms with Gasteiger partial charge in [0.25, 0.3) is 0 Å². The number of ether oxygens (including phenoxy) is 1. The molecule has 0 unspecified atom stereocenters. The molecular formula is C24H25F5O. The minimum atomic E-state index is -3.81. The average molecular weight is 424 g/mol. The Kier molecular flexibility index (Phi) is 7.16. The molecule has 0 saturated heterocycles. The number of halogens is 5. The van der Waals surface area contributed by atoms with E-state index in [2.05, 4.69) is 23.8 Å². The molecule has 1 aliphatic carbocycles. The number of hydrogen-bond donors (Lipinski definition) is 0. The van der Waals surface area contributed by atoms with Gasteiger partial charge in [0.15, 0.2) is 17.5 Å². The van der Waals surface area contributed by atoms with E-state index in [9.17, 15) is 22.0 Å². The lowest BCUT2D eigenvalue weighted by Gasteiger charge is -2.28. The fraction of sp³-hybridized carbons (Fsp3) is 0.417. The van der Waals surface area contributed by atoms with Crippen molar-refractivity contribution in [2.75, 3.05) is 0 Å². The van der Waals surface area contributed by atoms with Gasteiger partial charge in [-0.3, -0.25) is 0 Å². The van der Waals surface area contributed by atoms with Crippen LogP contribution in [0.4, 0.5) is 22.0 Å². The molecule has 0 aromatic heterocycles. The Bertz CT molecular complexity index is 845. The predicted molar refractivity (Wildman–Crippen MR) is 106 cm³/mol. The number of allylic oxidation sites excluding steroid dienone is 2. The summed E-state index contributed by atoms with van der Waals surface area (Å²) >= 11 is 0. The summed E-state index contributed by atoms with van der Waals surface area (Å²) in [6.07, 6.45) is 7.01. The average Bonchev–Trinajstić information content (AvgIpc) is 2.72. The SMILES string of the molecule is CC/C=C/CC1CCC(c2ccc(C(F)(F)Oc3cc(F)c(F)c(F)c3)cc2)CC1. The van der Waals surface area contributed by atoms with Gasteiger partial charge in [0.2, 0.25) is 0 Å². The summed E-state index contributed by atoms with van der Waals surface area (Å²) < 4.78 is 72.8. The normalized spacial score (nSPS) is 19.9. The van der Waals surface area contributed by atoms with Crippen LogP contribution < -0.4 is 4.74 Å². The van der Waals surface area contributed by atoms with Gasteiger partial charge in [-0.1, -0.05) is 31.2 Å². The van der Waals surface area contributed by atoms with Gasteiger partial charge >= 0.3 is 6.11 Å². The second-order valence-electron chi connectivity index (χ2n) is 7.77. The lowest BCUT2D eigenvalue weighted by molar-refractivity contribution is -0.185. The molecule has 2 aromatic carbocycles. The number of hydrogen-bond acceptors (Lipinski definition) is 1. The molecule has 30 heavy (non-hydrogen) atoms. The number of alkyl halides is 2. The molecule has 0 atom stereocenters. The minimum Gasteiger partial charge on any atom is -0.429 e. The van der Waals surface area contributed by atoms with Gasteiger partial charge in [-0.15, -0.1) is 0 Å². The van der Waals surface area contributed by atoms with E-state index in [4.69, 9.17) is 0 Å². The summed E-state index contributed by atoms with van der Waals surface area (Å²) in [7, 11) is 0. The summed E-state index contributed by atoms with van der Waals surface area (Å²) in [5.74, 6) is -4.67. The van der Waals surface area contributed by atoms with E-state index >= 15 is 0 Å². The second kappa shape index (κ2) is 9.63. The van der Waals surface area contributed by atoms with Gasteiger partial charge < -0.3 is 4.74 Å². The highest BCUT2D eigenvalue weighted by atomic mass is 19.3. The van der Waals surface area contributed by atoms with Crippen LogP contribution in [0.3, 0.4) is 0 Å². The first-order chi connectivity index (χ1) is 14.3. The van der Waals surface area contributed by atoms with Crippen LogP contribution in [0.25, 0.3) is 0 Å². The monoisotopic (exact) mass is 424 g/mol. The van der Waals surface area contributed by atoms with Gasteiger partial charge in [-0.2, -0.15) is 8.78 Å². The van der Waals surface area contributed by atoms with Crippen molar-refractivity contribution in [3.05, 3.63) is 77.1 Å². The van der Waals surface area contributed by atoms with Gasteiger partial charge in [0.1, 0.15) is 5.75 Å². The van der Waals surface area contributed by atoms with Crippen LogP contribution in [0.5, 0.6) is 5.75 Å². The van der Waals surface area contributed by atoms with Crippen LogP contribution in [0.15, 0.2) is 48.6 Å². The van der Waals surface area contributed by atoms with Crippen molar-refractivity contribution >= 4 is 0 Å². The maximum absolute atomic E-state index is 14.4. The first-order valence-corrected chi connectivity index (χ1v) is 10.3. The molecule has 0 aliphatic heterocycles. The van der Waals surface area contributed by atoms with E-state index in [0.717, 1.165) is 44.1 Å². The van der Waals surface area contributed by atoms with E-state index in [0.29, 0.717) is 24.0 Å². The molecule has 1 fully saturated rings.